The number of hydrogen-bond donors (Lipinski definition) is 1. The molecule has 4 rings (SSSR count). The van der Waals surface area contributed by atoms with Gasteiger partial charge in [-0.15, -0.1) is 11.3 Å². The number of benzene rings is 2. The highest BCUT2D eigenvalue weighted by atomic mass is 35.5. The van der Waals surface area contributed by atoms with E-state index in [9.17, 15) is 0 Å². The van der Waals surface area contributed by atoms with E-state index in [0.29, 0.717) is 10.0 Å². The molecule has 0 spiro atoms. The number of thiophene rings is 1. The molecule has 0 bridgehead atoms. The van der Waals surface area contributed by atoms with Gasteiger partial charge in [0, 0.05) is 16.6 Å². The third kappa shape index (κ3) is 3.21. The van der Waals surface area contributed by atoms with Crippen LogP contribution in [0.1, 0.15) is 5.56 Å². The Morgan fingerprint density at radius 3 is 2.52 bits per heavy atom. The van der Waals surface area contributed by atoms with Crippen LogP contribution in [-0.2, 0) is 0 Å². The Balaban J connectivity index is 1.82. The lowest BCUT2D eigenvalue weighted by Crippen LogP contribution is -1.95. The summed E-state index contributed by atoms with van der Waals surface area (Å²) < 4.78 is 0. The van der Waals surface area contributed by atoms with Gasteiger partial charge in [-0.05, 0) is 30.7 Å². The van der Waals surface area contributed by atoms with Gasteiger partial charge in [0.05, 0.1) is 15.4 Å². The summed E-state index contributed by atoms with van der Waals surface area (Å²) >= 11 is 13.7. The van der Waals surface area contributed by atoms with Crippen molar-refractivity contribution >= 4 is 56.3 Å². The molecule has 6 heteroatoms. The van der Waals surface area contributed by atoms with Crippen molar-refractivity contribution in [2.24, 2.45) is 0 Å². The molecule has 0 saturated heterocycles. The zero-order chi connectivity index (χ0) is 17.4. The molecule has 0 radical (unpaired) electrons. The molecule has 2 aromatic carbocycles. The van der Waals surface area contributed by atoms with E-state index in [1.54, 1.807) is 29.8 Å². The molecular weight excluding hydrogens is 373 g/mol. The molecule has 0 amide bonds. The Bertz CT molecular complexity index is 1060. The van der Waals surface area contributed by atoms with E-state index in [-0.39, 0.29) is 0 Å². The van der Waals surface area contributed by atoms with Gasteiger partial charge in [0.25, 0.3) is 0 Å². The fourth-order valence-electron chi connectivity index (χ4n) is 2.63. The Morgan fingerprint density at radius 1 is 0.960 bits per heavy atom. The van der Waals surface area contributed by atoms with E-state index >= 15 is 0 Å². The zero-order valence-corrected chi connectivity index (χ0v) is 15.6. The van der Waals surface area contributed by atoms with Crippen LogP contribution in [0.25, 0.3) is 21.3 Å². The third-order valence-corrected chi connectivity index (χ3v) is 5.54. The van der Waals surface area contributed by atoms with E-state index in [0.717, 1.165) is 32.8 Å². The lowest BCUT2D eigenvalue weighted by molar-refractivity contribution is 1.23. The number of fused-ring (bicyclic) bond motifs is 1. The third-order valence-electron chi connectivity index (χ3n) is 3.92. The first kappa shape index (κ1) is 16.3. The van der Waals surface area contributed by atoms with Crippen LogP contribution in [-0.4, -0.2) is 9.97 Å². The van der Waals surface area contributed by atoms with Crippen molar-refractivity contribution in [3.05, 3.63) is 69.8 Å². The maximum absolute atomic E-state index is 6.12. The summed E-state index contributed by atoms with van der Waals surface area (Å²) in [6.07, 6.45) is 1.57. The van der Waals surface area contributed by atoms with E-state index < -0.39 is 0 Å². The summed E-state index contributed by atoms with van der Waals surface area (Å²) in [5.41, 5.74) is 4.32. The van der Waals surface area contributed by atoms with Crippen LogP contribution in [0.2, 0.25) is 10.0 Å². The Kier molecular flexibility index (Phi) is 4.34. The van der Waals surface area contributed by atoms with Crippen molar-refractivity contribution in [1.29, 1.82) is 0 Å². The second kappa shape index (κ2) is 6.64. The first-order chi connectivity index (χ1) is 12.1. The number of halogens is 2. The SMILES string of the molecule is Cc1ccc(-c2csc3ncnc(Nc4ccc(Cl)c(Cl)c4)c23)cc1. The number of aryl methyl sites for hydroxylation is 1. The summed E-state index contributed by atoms with van der Waals surface area (Å²) in [5.74, 6) is 0.750. The first-order valence-electron chi connectivity index (χ1n) is 7.63. The van der Waals surface area contributed by atoms with Crippen LogP contribution < -0.4 is 5.32 Å². The summed E-state index contributed by atoms with van der Waals surface area (Å²) in [6, 6.07) is 13.9. The molecule has 3 nitrogen and oxygen atoms in total. The van der Waals surface area contributed by atoms with Gasteiger partial charge >= 0.3 is 0 Å². The molecule has 0 unspecified atom stereocenters. The number of nitrogens with one attached hydrogen (secondary N) is 1. The predicted molar refractivity (Wildman–Crippen MR) is 107 cm³/mol. The lowest BCUT2D eigenvalue weighted by Gasteiger charge is -2.09. The predicted octanol–water partition coefficient (Wildman–Crippen LogP) is 6.72. The highest BCUT2D eigenvalue weighted by molar-refractivity contribution is 7.17. The lowest BCUT2D eigenvalue weighted by atomic mass is 10.0. The minimum Gasteiger partial charge on any atom is -0.340 e. The number of nitrogens with zero attached hydrogens (tertiary/aromatic N) is 2. The van der Waals surface area contributed by atoms with Gasteiger partial charge in [-0.25, -0.2) is 9.97 Å². The Hall–Kier alpha value is -2.14. The Labute approximate surface area is 159 Å². The van der Waals surface area contributed by atoms with Gasteiger partial charge < -0.3 is 5.32 Å². The quantitative estimate of drug-likeness (QED) is 0.425. The Morgan fingerprint density at radius 2 is 1.76 bits per heavy atom. The zero-order valence-electron chi connectivity index (χ0n) is 13.3. The van der Waals surface area contributed by atoms with Crippen LogP contribution in [0, 0.1) is 6.92 Å². The minimum absolute atomic E-state index is 0.501. The first-order valence-corrected chi connectivity index (χ1v) is 9.27. The van der Waals surface area contributed by atoms with Crippen LogP contribution in [0.15, 0.2) is 54.2 Å². The number of anilines is 2. The van der Waals surface area contributed by atoms with E-state index in [4.69, 9.17) is 23.2 Å². The molecule has 124 valence electrons. The highest BCUT2D eigenvalue weighted by Crippen LogP contribution is 2.38. The maximum Gasteiger partial charge on any atom is 0.143 e. The number of hydrogen-bond acceptors (Lipinski definition) is 4. The van der Waals surface area contributed by atoms with Gasteiger partial charge in [0.1, 0.15) is 17.0 Å². The number of rotatable bonds is 3. The van der Waals surface area contributed by atoms with Crippen LogP contribution in [0.3, 0.4) is 0 Å². The van der Waals surface area contributed by atoms with Crippen LogP contribution >= 0.6 is 34.5 Å². The largest absolute Gasteiger partial charge is 0.340 e. The average molecular weight is 386 g/mol. The fourth-order valence-corrected chi connectivity index (χ4v) is 3.84. The molecule has 0 aliphatic carbocycles. The second-order valence-electron chi connectivity index (χ2n) is 5.67. The molecule has 4 aromatic rings. The van der Waals surface area contributed by atoms with Gasteiger partial charge in [0.2, 0.25) is 0 Å². The summed E-state index contributed by atoms with van der Waals surface area (Å²) in [6.45, 7) is 2.08. The number of aromatic nitrogens is 2. The molecule has 2 heterocycles. The van der Waals surface area contributed by atoms with Gasteiger partial charge in [-0.1, -0.05) is 53.0 Å². The van der Waals surface area contributed by atoms with E-state index in [1.807, 2.05) is 6.07 Å². The topological polar surface area (TPSA) is 37.8 Å². The summed E-state index contributed by atoms with van der Waals surface area (Å²) in [4.78, 5) is 9.78. The summed E-state index contributed by atoms with van der Waals surface area (Å²) in [5, 5.41) is 7.48. The molecule has 0 fully saturated rings. The molecule has 0 aliphatic rings. The van der Waals surface area contributed by atoms with Crippen LogP contribution in [0.4, 0.5) is 11.5 Å². The molecule has 25 heavy (non-hydrogen) atoms. The fraction of sp³-hybridized carbons (Fsp3) is 0.0526. The van der Waals surface area contributed by atoms with Crippen molar-refractivity contribution in [2.75, 3.05) is 5.32 Å². The minimum atomic E-state index is 0.501. The molecule has 0 saturated carbocycles. The molecule has 1 N–H and O–H groups in total. The molecule has 2 aromatic heterocycles. The van der Waals surface area contributed by atoms with Crippen molar-refractivity contribution in [3.8, 4) is 11.1 Å². The van der Waals surface area contributed by atoms with Crippen molar-refractivity contribution in [3.63, 3.8) is 0 Å². The van der Waals surface area contributed by atoms with Gasteiger partial charge in [-0.2, -0.15) is 0 Å². The van der Waals surface area contributed by atoms with Crippen molar-refractivity contribution < 1.29 is 0 Å². The molecule has 0 aliphatic heterocycles. The van der Waals surface area contributed by atoms with Crippen molar-refractivity contribution in [1.82, 2.24) is 9.97 Å². The summed E-state index contributed by atoms with van der Waals surface area (Å²) in [7, 11) is 0. The standard InChI is InChI=1S/C19H13Cl2N3S/c1-11-2-4-12(5-3-11)14-9-25-19-17(14)18(22-10-23-19)24-13-6-7-15(20)16(21)8-13/h2-10H,1H3,(H,22,23,24). The van der Waals surface area contributed by atoms with E-state index in [1.165, 1.54) is 5.56 Å². The normalized spacial score (nSPS) is 11.0. The van der Waals surface area contributed by atoms with Crippen LogP contribution in [0.5, 0.6) is 0 Å². The smallest absolute Gasteiger partial charge is 0.143 e. The second-order valence-corrected chi connectivity index (χ2v) is 7.34. The van der Waals surface area contributed by atoms with Crippen molar-refractivity contribution in [2.45, 2.75) is 6.92 Å². The molecular formula is C19H13Cl2N3S. The monoisotopic (exact) mass is 385 g/mol. The van der Waals surface area contributed by atoms with Gasteiger partial charge in [-0.3, -0.25) is 0 Å². The highest BCUT2D eigenvalue weighted by Gasteiger charge is 2.13. The average Bonchev–Trinajstić information content (AvgIpc) is 3.04. The van der Waals surface area contributed by atoms with Gasteiger partial charge in [0.15, 0.2) is 0 Å². The molecule has 0 atom stereocenters. The maximum atomic E-state index is 6.12. The van der Waals surface area contributed by atoms with E-state index in [2.05, 4.69) is 51.9 Å².